The van der Waals surface area contributed by atoms with Gasteiger partial charge in [-0.1, -0.05) is 17.3 Å². The van der Waals surface area contributed by atoms with Crippen LogP contribution in [0, 0.1) is 0 Å². The van der Waals surface area contributed by atoms with E-state index in [0.717, 1.165) is 11.4 Å². The summed E-state index contributed by atoms with van der Waals surface area (Å²) in [7, 11) is 0. The fraction of sp³-hybridized carbons (Fsp3) is 0.304. The molecule has 2 aliphatic rings. The zero-order valence-electron chi connectivity index (χ0n) is 18.1. The number of dihydropyridines is 1. The monoisotopic (exact) mass is 448 g/mol. The molecule has 10 nitrogen and oxygen atoms in total. The van der Waals surface area contributed by atoms with Gasteiger partial charge in [-0.3, -0.25) is 4.79 Å². The molecule has 0 spiro atoms. The molecule has 33 heavy (non-hydrogen) atoms. The molecule has 1 unspecified atom stereocenters. The summed E-state index contributed by atoms with van der Waals surface area (Å²) in [5, 5.41) is 21.7. The Hall–Kier alpha value is -3.92. The van der Waals surface area contributed by atoms with Crippen LogP contribution >= 0.6 is 0 Å². The Kier molecular flexibility index (Phi) is 5.21. The number of morpholine rings is 1. The van der Waals surface area contributed by atoms with Crippen molar-refractivity contribution >= 4 is 22.7 Å². The smallest absolute Gasteiger partial charge is 0.335 e. The van der Waals surface area contributed by atoms with Gasteiger partial charge in [-0.15, -0.1) is 5.10 Å². The third-order valence-electron chi connectivity index (χ3n) is 5.90. The van der Waals surface area contributed by atoms with Crippen molar-refractivity contribution in [2.75, 3.05) is 31.2 Å². The van der Waals surface area contributed by atoms with E-state index in [0.29, 0.717) is 49.4 Å². The summed E-state index contributed by atoms with van der Waals surface area (Å²) in [6.07, 6.45) is 6.62. The molecule has 1 aromatic carbocycles. The molecule has 1 atom stereocenters. The Bertz CT molecular complexity index is 1330. The van der Waals surface area contributed by atoms with E-state index in [2.05, 4.69) is 25.5 Å². The number of aliphatic carboxylic acids is 1. The highest BCUT2D eigenvalue weighted by atomic mass is 16.5. The summed E-state index contributed by atoms with van der Waals surface area (Å²) in [6.45, 7) is 4.94. The van der Waals surface area contributed by atoms with Crippen LogP contribution in [-0.2, 0) is 16.1 Å². The van der Waals surface area contributed by atoms with Crippen molar-refractivity contribution in [3.63, 3.8) is 0 Å². The number of pyridine rings is 1. The van der Waals surface area contributed by atoms with Crippen molar-refractivity contribution in [1.29, 1.82) is 0 Å². The van der Waals surface area contributed by atoms with E-state index in [-0.39, 0.29) is 11.0 Å². The lowest BCUT2D eigenvalue weighted by Gasteiger charge is -2.29. The lowest BCUT2D eigenvalue weighted by atomic mass is 9.96. The van der Waals surface area contributed by atoms with Crippen LogP contribution in [0.15, 0.2) is 59.2 Å². The zero-order chi connectivity index (χ0) is 23.0. The second-order valence-corrected chi connectivity index (χ2v) is 8.45. The first-order chi connectivity index (χ1) is 15.9. The number of fused-ring (bicyclic) bond motifs is 1. The van der Waals surface area contributed by atoms with E-state index in [1.165, 1.54) is 6.08 Å². The average molecular weight is 448 g/mol. The topological polar surface area (TPSA) is 125 Å². The van der Waals surface area contributed by atoms with Gasteiger partial charge in [-0.25, -0.2) is 9.48 Å². The van der Waals surface area contributed by atoms with Gasteiger partial charge in [-0.05, 0) is 31.3 Å². The van der Waals surface area contributed by atoms with Crippen LogP contribution in [0.2, 0.25) is 0 Å². The number of nitrogens with one attached hydrogen (secondary N) is 2. The molecular weight excluding hydrogens is 424 g/mol. The molecule has 0 saturated carbocycles. The minimum Gasteiger partial charge on any atom is -0.478 e. The lowest BCUT2D eigenvalue weighted by Crippen LogP contribution is -2.43. The minimum atomic E-state index is -0.978. The molecule has 0 radical (unpaired) electrons. The van der Waals surface area contributed by atoms with Crippen LogP contribution in [0.3, 0.4) is 0 Å². The Balaban J connectivity index is 1.49. The number of carboxylic acid groups (broad SMARTS) is 1. The maximum atomic E-state index is 12.8. The van der Waals surface area contributed by atoms with Crippen LogP contribution < -0.4 is 15.6 Å². The van der Waals surface area contributed by atoms with Crippen molar-refractivity contribution in [2.45, 2.75) is 19.0 Å². The zero-order valence-corrected chi connectivity index (χ0v) is 18.1. The van der Waals surface area contributed by atoms with Gasteiger partial charge in [0.15, 0.2) is 5.43 Å². The molecule has 4 heterocycles. The van der Waals surface area contributed by atoms with Gasteiger partial charge in [0, 0.05) is 30.1 Å². The summed E-state index contributed by atoms with van der Waals surface area (Å²) in [4.78, 5) is 29.7. The number of carbonyl (C=O) groups is 1. The quantitative estimate of drug-likeness (QED) is 0.536. The molecule has 10 heteroatoms. The Morgan fingerprint density at radius 1 is 1.30 bits per heavy atom. The molecule has 5 rings (SSSR count). The number of hydrogen-bond acceptors (Lipinski definition) is 7. The molecule has 0 aliphatic carbocycles. The summed E-state index contributed by atoms with van der Waals surface area (Å²) >= 11 is 0. The predicted octanol–water partition coefficient (Wildman–Crippen LogP) is 1.51. The largest absolute Gasteiger partial charge is 0.478 e. The highest BCUT2D eigenvalue weighted by Crippen LogP contribution is 2.27. The van der Waals surface area contributed by atoms with E-state index in [1.54, 1.807) is 35.3 Å². The van der Waals surface area contributed by atoms with Gasteiger partial charge in [0.1, 0.15) is 11.5 Å². The number of nitrogens with zero attached hydrogens (tertiary/aromatic N) is 4. The number of para-hydroxylation sites is 1. The SMILES string of the molecule is CC1(Cn2cc(-c3cccc4c(=O)cc(N5CCOCC5)[nH]c34)nn2)C=C(C(=O)O)C=CN1. The number of anilines is 1. The van der Waals surface area contributed by atoms with Crippen LogP contribution in [0.4, 0.5) is 5.82 Å². The van der Waals surface area contributed by atoms with Gasteiger partial charge >= 0.3 is 5.97 Å². The first kappa shape index (κ1) is 21.0. The summed E-state index contributed by atoms with van der Waals surface area (Å²) in [6, 6.07) is 7.16. The van der Waals surface area contributed by atoms with Crippen molar-refractivity contribution in [3.8, 4) is 11.3 Å². The average Bonchev–Trinajstić information content (AvgIpc) is 3.26. The number of benzene rings is 1. The van der Waals surface area contributed by atoms with Crippen LogP contribution in [0.1, 0.15) is 6.92 Å². The van der Waals surface area contributed by atoms with Crippen LogP contribution in [0.5, 0.6) is 0 Å². The summed E-state index contributed by atoms with van der Waals surface area (Å²) in [5.74, 6) is -0.221. The molecule has 1 fully saturated rings. The van der Waals surface area contributed by atoms with Crippen LogP contribution in [-0.4, -0.2) is 62.9 Å². The Morgan fingerprint density at radius 3 is 2.91 bits per heavy atom. The van der Waals surface area contributed by atoms with Crippen molar-refractivity contribution in [3.05, 3.63) is 64.6 Å². The van der Waals surface area contributed by atoms with Crippen molar-refractivity contribution < 1.29 is 14.6 Å². The van der Waals surface area contributed by atoms with Gasteiger partial charge in [0.25, 0.3) is 0 Å². The minimum absolute atomic E-state index is 0.0588. The molecule has 170 valence electrons. The number of rotatable bonds is 5. The molecule has 0 bridgehead atoms. The number of ether oxygens (including phenoxy) is 1. The Labute approximate surface area is 189 Å². The standard InChI is InChI=1S/C23H24N6O4/c1-23(12-15(22(31)32)5-6-24-23)14-29-13-18(26-27-29)16-3-2-4-17-19(30)11-20(25-21(16)17)28-7-9-33-10-8-28/h2-6,11-13,24H,7-10,14H2,1H3,(H,25,30)(H,31,32). The van der Waals surface area contributed by atoms with Gasteiger partial charge < -0.3 is 25.0 Å². The van der Waals surface area contributed by atoms with Gasteiger partial charge in [0.05, 0.1) is 42.6 Å². The first-order valence-electron chi connectivity index (χ1n) is 10.7. The first-order valence-corrected chi connectivity index (χ1v) is 10.7. The molecule has 3 aromatic rings. The fourth-order valence-electron chi connectivity index (χ4n) is 4.26. The van der Waals surface area contributed by atoms with Crippen molar-refractivity contribution in [1.82, 2.24) is 25.3 Å². The third-order valence-corrected chi connectivity index (χ3v) is 5.90. The van der Waals surface area contributed by atoms with Gasteiger partial charge in [-0.2, -0.15) is 0 Å². The van der Waals surface area contributed by atoms with Gasteiger partial charge in [0.2, 0.25) is 0 Å². The maximum absolute atomic E-state index is 12.8. The molecule has 3 N–H and O–H groups in total. The predicted molar refractivity (Wildman–Crippen MR) is 123 cm³/mol. The number of hydrogen-bond donors (Lipinski definition) is 3. The number of carboxylic acids is 1. The van der Waals surface area contributed by atoms with Crippen LogP contribution in [0.25, 0.3) is 22.2 Å². The normalized spacial score (nSPS) is 20.5. The third kappa shape index (κ3) is 4.12. The van der Waals surface area contributed by atoms with E-state index in [4.69, 9.17) is 4.74 Å². The number of aromatic nitrogens is 4. The van der Waals surface area contributed by atoms with E-state index >= 15 is 0 Å². The number of H-pyrrole nitrogens is 1. The fourth-order valence-corrected chi connectivity index (χ4v) is 4.26. The molecule has 0 amide bonds. The molecule has 2 aromatic heterocycles. The molecular formula is C23H24N6O4. The van der Waals surface area contributed by atoms with Crippen molar-refractivity contribution in [2.24, 2.45) is 0 Å². The highest BCUT2D eigenvalue weighted by molar-refractivity contribution is 5.93. The highest BCUT2D eigenvalue weighted by Gasteiger charge is 2.26. The van der Waals surface area contributed by atoms with E-state index in [9.17, 15) is 14.7 Å². The van der Waals surface area contributed by atoms with E-state index < -0.39 is 11.5 Å². The number of aromatic amines is 1. The second-order valence-electron chi connectivity index (χ2n) is 8.45. The summed E-state index contributed by atoms with van der Waals surface area (Å²) < 4.78 is 7.09. The summed E-state index contributed by atoms with van der Waals surface area (Å²) in [5.41, 5.74) is 1.62. The molecule has 2 aliphatic heterocycles. The molecule has 1 saturated heterocycles. The maximum Gasteiger partial charge on any atom is 0.335 e. The second kappa shape index (κ2) is 8.21. The lowest BCUT2D eigenvalue weighted by molar-refractivity contribution is -0.132. The van der Waals surface area contributed by atoms with E-state index in [1.807, 2.05) is 19.1 Å². The Morgan fingerprint density at radius 2 is 2.12 bits per heavy atom.